The first-order valence-corrected chi connectivity index (χ1v) is 6.43. The van der Waals surface area contributed by atoms with E-state index in [4.69, 9.17) is 9.15 Å². The lowest BCUT2D eigenvalue weighted by Crippen LogP contribution is -2.14. The van der Waals surface area contributed by atoms with Gasteiger partial charge in [-0.25, -0.2) is 0 Å². The maximum absolute atomic E-state index is 11.6. The molecule has 0 saturated heterocycles. The fourth-order valence-electron chi connectivity index (χ4n) is 1.67. The molecule has 0 aliphatic rings. The number of ether oxygens (including phenoxy) is 1. The predicted molar refractivity (Wildman–Crippen MR) is 66.4 cm³/mol. The number of rotatable bonds is 8. The molecule has 96 valence electrons. The fourth-order valence-corrected chi connectivity index (χ4v) is 1.67. The van der Waals surface area contributed by atoms with E-state index >= 15 is 0 Å². The third-order valence-electron chi connectivity index (χ3n) is 2.83. The zero-order chi connectivity index (χ0) is 12.5. The van der Waals surface area contributed by atoms with E-state index in [1.165, 1.54) is 19.3 Å². The van der Waals surface area contributed by atoms with Crippen molar-refractivity contribution in [2.75, 3.05) is 0 Å². The number of hydrogen-bond acceptors (Lipinski definition) is 3. The highest BCUT2D eigenvalue weighted by Gasteiger charge is 2.14. The Morgan fingerprint density at radius 2 is 2.24 bits per heavy atom. The molecule has 0 saturated carbocycles. The largest absolute Gasteiger partial charge is 0.466 e. The summed E-state index contributed by atoms with van der Waals surface area (Å²) in [6.07, 6.45) is 7.26. The molecular formula is C14H22O3. The summed E-state index contributed by atoms with van der Waals surface area (Å²) < 4.78 is 10.3. The van der Waals surface area contributed by atoms with Gasteiger partial charge in [-0.3, -0.25) is 4.79 Å². The first kappa shape index (κ1) is 13.8. The van der Waals surface area contributed by atoms with Crippen LogP contribution in [0.2, 0.25) is 0 Å². The van der Waals surface area contributed by atoms with E-state index in [2.05, 4.69) is 6.92 Å². The van der Waals surface area contributed by atoms with Gasteiger partial charge in [-0.05, 0) is 18.6 Å². The zero-order valence-electron chi connectivity index (χ0n) is 10.8. The number of carbonyl (C=O) groups excluding carboxylic acids is 1. The van der Waals surface area contributed by atoms with Gasteiger partial charge in [0, 0.05) is 0 Å². The Morgan fingerprint density at radius 3 is 2.88 bits per heavy atom. The standard InChI is InChI=1S/C14H22O3/c1-3-4-5-6-8-12(2)14(15)17-11-13-9-7-10-16-13/h7,9-10,12H,3-6,8,11H2,1-2H3. The Labute approximate surface area is 103 Å². The van der Waals surface area contributed by atoms with E-state index < -0.39 is 0 Å². The highest BCUT2D eigenvalue weighted by atomic mass is 16.5. The topological polar surface area (TPSA) is 39.4 Å². The lowest BCUT2D eigenvalue weighted by Gasteiger charge is -2.10. The van der Waals surface area contributed by atoms with Crippen LogP contribution in [0.4, 0.5) is 0 Å². The maximum atomic E-state index is 11.6. The fraction of sp³-hybridized carbons (Fsp3) is 0.643. The second-order valence-electron chi connectivity index (χ2n) is 4.44. The van der Waals surface area contributed by atoms with Gasteiger partial charge < -0.3 is 9.15 Å². The van der Waals surface area contributed by atoms with Gasteiger partial charge in [-0.1, -0.05) is 39.5 Å². The summed E-state index contributed by atoms with van der Waals surface area (Å²) in [6, 6.07) is 3.59. The lowest BCUT2D eigenvalue weighted by atomic mass is 10.0. The van der Waals surface area contributed by atoms with Crippen LogP contribution in [0, 0.1) is 5.92 Å². The summed E-state index contributed by atoms with van der Waals surface area (Å²) >= 11 is 0. The molecule has 1 heterocycles. The summed E-state index contributed by atoms with van der Waals surface area (Å²) in [5, 5.41) is 0. The molecule has 0 N–H and O–H groups in total. The van der Waals surface area contributed by atoms with Crippen molar-refractivity contribution in [2.24, 2.45) is 5.92 Å². The Balaban J connectivity index is 2.13. The summed E-state index contributed by atoms with van der Waals surface area (Å²) in [4.78, 5) is 11.6. The molecule has 0 aromatic carbocycles. The summed E-state index contributed by atoms with van der Waals surface area (Å²) in [5.74, 6) is 0.552. The number of carbonyl (C=O) groups is 1. The van der Waals surface area contributed by atoms with Gasteiger partial charge in [0.2, 0.25) is 0 Å². The van der Waals surface area contributed by atoms with Crippen LogP contribution in [0.15, 0.2) is 22.8 Å². The van der Waals surface area contributed by atoms with Crippen molar-refractivity contribution in [1.82, 2.24) is 0 Å². The predicted octanol–water partition coefficient (Wildman–Crippen LogP) is 3.93. The lowest BCUT2D eigenvalue weighted by molar-refractivity contribution is -0.150. The first-order valence-electron chi connectivity index (χ1n) is 6.43. The first-order chi connectivity index (χ1) is 8.24. The Bertz CT molecular complexity index is 303. The monoisotopic (exact) mass is 238 g/mol. The molecule has 17 heavy (non-hydrogen) atoms. The van der Waals surface area contributed by atoms with Crippen LogP contribution in [0.3, 0.4) is 0 Å². The van der Waals surface area contributed by atoms with Gasteiger partial charge in [-0.15, -0.1) is 0 Å². The van der Waals surface area contributed by atoms with Crippen molar-refractivity contribution >= 4 is 5.97 Å². The molecule has 0 fully saturated rings. The number of esters is 1. The molecule has 1 unspecified atom stereocenters. The van der Waals surface area contributed by atoms with E-state index in [-0.39, 0.29) is 18.5 Å². The van der Waals surface area contributed by atoms with E-state index in [0.29, 0.717) is 5.76 Å². The third-order valence-corrected chi connectivity index (χ3v) is 2.83. The minimum atomic E-state index is -0.127. The number of furan rings is 1. The highest BCUT2D eigenvalue weighted by Crippen LogP contribution is 2.13. The van der Waals surface area contributed by atoms with Crippen molar-refractivity contribution in [3.8, 4) is 0 Å². The summed E-state index contributed by atoms with van der Waals surface area (Å²) in [7, 11) is 0. The molecule has 0 spiro atoms. The van der Waals surface area contributed by atoms with Crippen molar-refractivity contribution in [1.29, 1.82) is 0 Å². The van der Waals surface area contributed by atoms with Crippen LogP contribution in [0.5, 0.6) is 0 Å². The van der Waals surface area contributed by atoms with Crippen molar-refractivity contribution < 1.29 is 13.9 Å². The van der Waals surface area contributed by atoms with Gasteiger partial charge in [0.05, 0.1) is 12.2 Å². The zero-order valence-corrected chi connectivity index (χ0v) is 10.8. The quantitative estimate of drug-likeness (QED) is 0.509. The molecule has 3 heteroatoms. The average molecular weight is 238 g/mol. The summed E-state index contributed by atoms with van der Waals surface area (Å²) in [5.41, 5.74) is 0. The number of unbranched alkanes of at least 4 members (excludes halogenated alkanes) is 3. The van der Waals surface area contributed by atoms with E-state index in [9.17, 15) is 4.79 Å². The second kappa shape index (κ2) is 7.93. The molecule has 1 aromatic rings. The van der Waals surface area contributed by atoms with Crippen LogP contribution in [0.25, 0.3) is 0 Å². The van der Waals surface area contributed by atoms with Gasteiger partial charge in [0.15, 0.2) is 0 Å². The minimum Gasteiger partial charge on any atom is -0.466 e. The molecule has 0 bridgehead atoms. The van der Waals surface area contributed by atoms with Crippen LogP contribution in [0.1, 0.15) is 51.7 Å². The maximum Gasteiger partial charge on any atom is 0.309 e. The Morgan fingerprint density at radius 1 is 1.41 bits per heavy atom. The SMILES string of the molecule is CCCCCCC(C)C(=O)OCc1ccco1. The molecule has 0 aliphatic carbocycles. The van der Waals surface area contributed by atoms with Gasteiger partial charge in [0.1, 0.15) is 12.4 Å². The van der Waals surface area contributed by atoms with Gasteiger partial charge in [0.25, 0.3) is 0 Å². The summed E-state index contributed by atoms with van der Waals surface area (Å²) in [6.45, 7) is 4.35. The van der Waals surface area contributed by atoms with Crippen LogP contribution in [-0.4, -0.2) is 5.97 Å². The van der Waals surface area contributed by atoms with Crippen molar-refractivity contribution in [2.45, 2.75) is 52.6 Å². The molecule has 0 radical (unpaired) electrons. The van der Waals surface area contributed by atoms with E-state index in [0.717, 1.165) is 12.8 Å². The molecular weight excluding hydrogens is 216 g/mol. The van der Waals surface area contributed by atoms with Crippen LogP contribution in [-0.2, 0) is 16.1 Å². The van der Waals surface area contributed by atoms with E-state index in [1.54, 1.807) is 18.4 Å². The Hall–Kier alpha value is -1.25. The molecule has 1 atom stereocenters. The van der Waals surface area contributed by atoms with Crippen molar-refractivity contribution in [3.05, 3.63) is 24.2 Å². The van der Waals surface area contributed by atoms with Crippen LogP contribution >= 0.6 is 0 Å². The molecule has 1 rings (SSSR count). The third kappa shape index (κ3) is 5.57. The van der Waals surface area contributed by atoms with Gasteiger partial charge in [-0.2, -0.15) is 0 Å². The molecule has 0 amide bonds. The Kier molecular flexibility index (Phi) is 6.45. The second-order valence-corrected chi connectivity index (χ2v) is 4.44. The smallest absolute Gasteiger partial charge is 0.309 e. The average Bonchev–Trinajstić information content (AvgIpc) is 2.84. The number of hydrogen-bond donors (Lipinski definition) is 0. The van der Waals surface area contributed by atoms with Crippen molar-refractivity contribution in [3.63, 3.8) is 0 Å². The molecule has 0 aliphatic heterocycles. The van der Waals surface area contributed by atoms with Crippen LogP contribution < -0.4 is 0 Å². The normalized spacial score (nSPS) is 12.4. The van der Waals surface area contributed by atoms with E-state index in [1.807, 2.05) is 6.92 Å². The highest BCUT2D eigenvalue weighted by molar-refractivity contribution is 5.71. The van der Waals surface area contributed by atoms with Gasteiger partial charge >= 0.3 is 5.97 Å². The minimum absolute atomic E-state index is 0.0122. The molecule has 1 aromatic heterocycles. The molecule has 3 nitrogen and oxygen atoms in total.